The number of hydrogen-bond donors (Lipinski definition) is 1. The van der Waals surface area contributed by atoms with Gasteiger partial charge in [-0.15, -0.1) is 0 Å². The molecule has 0 radical (unpaired) electrons. The van der Waals surface area contributed by atoms with Crippen molar-refractivity contribution in [3.63, 3.8) is 0 Å². The van der Waals surface area contributed by atoms with Gasteiger partial charge in [0.15, 0.2) is 0 Å². The number of nitrogens with one attached hydrogen (secondary N) is 1. The molecule has 0 bridgehead atoms. The van der Waals surface area contributed by atoms with Crippen LogP contribution in [0.3, 0.4) is 0 Å². The second-order valence-electron chi connectivity index (χ2n) is 4.61. The molecule has 90 valence electrons. The molecule has 1 saturated heterocycles. The summed E-state index contributed by atoms with van der Waals surface area (Å²) in [5.74, 6) is 0. The first-order chi connectivity index (χ1) is 7.79. The number of hydrogen-bond acceptors (Lipinski definition) is 3. The van der Waals surface area contributed by atoms with Gasteiger partial charge in [0.1, 0.15) is 0 Å². The summed E-state index contributed by atoms with van der Waals surface area (Å²) in [5, 5.41) is 7.87. The standard InChI is InChI=1S/C12H22N4/c1-3-5-11-9-16(7-4-6-13-11)12-8-14-15(2)10-12/h8,10-11,13H,3-7,9H2,1-2H3. The molecule has 0 aliphatic carbocycles. The lowest BCUT2D eigenvalue weighted by Crippen LogP contribution is -2.37. The van der Waals surface area contributed by atoms with E-state index < -0.39 is 0 Å². The van der Waals surface area contributed by atoms with E-state index in [2.05, 4.69) is 28.4 Å². The average molecular weight is 222 g/mol. The molecule has 0 saturated carbocycles. The predicted octanol–water partition coefficient (Wildman–Crippen LogP) is 1.39. The fraction of sp³-hybridized carbons (Fsp3) is 0.750. The number of nitrogens with zero attached hydrogens (tertiary/aromatic N) is 3. The zero-order valence-electron chi connectivity index (χ0n) is 10.3. The van der Waals surface area contributed by atoms with E-state index in [4.69, 9.17) is 0 Å². The number of anilines is 1. The molecule has 1 aromatic rings. The van der Waals surface area contributed by atoms with Crippen LogP contribution in [-0.2, 0) is 7.05 Å². The Bertz CT molecular complexity index is 321. The summed E-state index contributed by atoms with van der Waals surface area (Å²) in [4.78, 5) is 2.45. The van der Waals surface area contributed by atoms with Gasteiger partial charge in [0.05, 0.1) is 11.9 Å². The summed E-state index contributed by atoms with van der Waals surface area (Å²) >= 11 is 0. The van der Waals surface area contributed by atoms with Crippen molar-refractivity contribution in [2.45, 2.75) is 32.2 Å². The lowest BCUT2D eigenvalue weighted by Gasteiger charge is -2.24. The maximum Gasteiger partial charge on any atom is 0.0752 e. The van der Waals surface area contributed by atoms with Crippen molar-refractivity contribution in [1.29, 1.82) is 0 Å². The van der Waals surface area contributed by atoms with Crippen molar-refractivity contribution in [2.24, 2.45) is 7.05 Å². The number of rotatable bonds is 3. The van der Waals surface area contributed by atoms with Crippen LogP contribution in [0.2, 0.25) is 0 Å². The Labute approximate surface area is 97.6 Å². The Morgan fingerprint density at radius 3 is 3.12 bits per heavy atom. The molecule has 1 aliphatic rings. The highest BCUT2D eigenvalue weighted by molar-refractivity contribution is 5.42. The molecule has 1 N–H and O–H groups in total. The molecule has 1 aliphatic heterocycles. The van der Waals surface area contributed by atoms with Crippen LogP contribution in [0.25, 0.3) is 0 Å². The Balaban J connectivity index is 2.02. The van der Waals surface area contributed by atoms with Gasteiger partial charge in [0.2, 0.25) is 0 Å². The highest BCUT2D eigenvalue weighted by Gasteiger charge is 2.17. The quantitative estimate of drug-likeness (QED) is 0.839. The van der Waals surface area contributed by atoms with Crippen molar-refractivity contribution in [2.75, 3.05) is 24.5 Å². The zero-order chi connectivity index (χ0) is 11.4. The molecule has 1 atom stereocenters. The van der Waals surface area contributed by atoms with E-state index in [-0.39, 0.29) is 0 Å². The smallest absolute Gasteiger partial charge is 0.0752 e. The lowest BCUT2D eigenvalue weighted by molar-refractivity contribution is 0.502. The van der Waals surface area contributed by atoms with Crippen LogP contribution in [0.4, 0.5) is 5.69 Å². The molecule has 2 heterocycles. The highest BCUT2D eigenvalue weighted by atomic mass is 15.3. The van der Waals surface area contributed by atoms with Gasteiger partial charge in [0, 0.05) is 32.4 Å². The largest absolute Gasteiger partial charge is 0.367 e. The molecule has 16 heavy (non-hydrogen) atoms. The van der Waals surface area contributed by atoms with Gasteiger partial charge in [-0.1, -0.05) is 13.3 Å². The van der Waals surface area contributed by atoms with Crippen LogP contribution in [0.5, 0.6) is 0 Å². The molecule has 4 nitrogen and oxygen atoms in total. The lowest BCUT2D eigenvalue weighted by atomic mass is 10.1. The average Bonchev–Trinajstić information content (AvgIpc) is 2.56. The van der Waals surface area contributed by atoms with E-state index in [0.29, 0.717) is 6.04 Å². The van der Waals surface area contributed by atoms with Gasteiger partial charge in [-0.3, -0.25) is 4.68 Å². The van der Waals surface area contributed by atoms with E-state index in [9.17, 15) is 0 Å². The van der Waals surface area contributed by atoms with Crippen LogP contribution in [0, 0.1) is 0 Å². The fourth-order valence-corrected chi connectivity index (χ4v) is 2.35. The molecular weight excluding hydrogens is 200 g/mol. The van der Waals surface area contributed by atoms with Gasteiger partial charge in [-0.2, -0.15) is 5.10 Å². The van der Waals surface area contributed by atoms with Crippen molar-refractivity contribution in [3.8, 4) is 0 Å². The topological polar surface area (TPSA) is 33.1 Å². The SMILES string of the molecule is CCCC1CN(c2cnn(C)c2)CCCN1. The third-order valence-electron chi connectivity index (χ3n) is 3.17. The van der Waals surface area contributed by atoms with Gasteiger partial charge in [-0.25, -0.2) is 0 Å². The van der Waals surface area contributed by atoms with E-state index >= 15 is 0 Å². The Hall–Kier alpha value is -1.03. The summed E-state index contributed by atoms with van der Waals surface area (Å²) in [7, 11) is 1.98. The first-order valence-corrected chi connectivity index (χ1v) is 6.26. The monoisotopic (exact) mass is 222 g/mol. The van der Waals surface area contributed by atoms with Crippen molar-refractivity contribution >= 4 is 5.69 Å². The Morgan fingerprint density at radius 1 is 1.56 bits per heavy atom. The molecule has 4 heteroatoms. The van der Waals surface area contributed by atoms with E-state index in [1.54, 1.807) is 0 Å². The van der Waals surface area contributed by atoms with Crippen molar-refractivity contribution in [3.05, 3.63) is 12.4 Å². The maximum atomic E-state index is 4.25. The van der Waals surface area contributed by atoms with Crippen LogP contribution in [-0.4, -0.2) is 35.5 Å². The third-order valence-corrected chi connectivity index (χ3v) is 3.17. The Morgan fingerprint density at radius 2 is 2.44 bits per heavy atom. The van der Waals surface area contributed by atoms with Gasteiger partial charge >= 0.3 is 0 Å². The van der Waals surface area contributed by atoms with E-state index in [1.165, 1.54) is 24.9 Å². The first-order valence-electron chi connectivity index (χ1n) is 6.26. The van der Waals surface area contributed by atoms with Gasteiger partial charge in [0.25, 0.3) is 0 Å². The second-order valence-corrected chi connectivity index (χ2v) is 4.61. The Kier molecular flexibility index (Phi) is 3.83. The number of aryl methyl sites for hydroxylation is 1. The summed E-state index contributed by atoms with van der Waals surface area (Å²) in [6.45, 7) is 5.64. The minimum Gasteiger partial charge on any atom is -0.367 e. The summed E-state index contributed by atoms with van der Waals surface area (Å²) in [6, 6.07) is 0.632. The first kappa shape index (κ1) is 11.5. The minimum atomic E-state index is 0.632. The van der Waals surface area contributed by atoms with E-state index in [0.717, 1.165) is 19.6 Å². The highest BCUT2D eigenvalue weighted by Crippen LogP contribution is 2.16. The molecule has 0 aromatic carbocycles. The van der Waals surface area contributed by atoms with Crippen LogP contribution in [0.1, 0.15) is 26.2 Å². The molecule has 1 aromatic heterocycles. The normalized spacial score (nSPS) is 22.1. The third kappa shape index (κ3) is 2.76. The molecule has 2 rings (SSSR count). The summed E-state index contributed by atoms with van der Waals surface area (Å²) < 4.78 is 1.88. The van der Waals surface area contributed by atoms with Crippen molar-refractivity contribution < 1.29 is 0 Å². The summed E-state index contributed by atoms with van der Waals surface area (Å²) in [6.07, 6.45) is 7.80. The number of aromatic nitrogens is 2. The maximum absolute atomic E-state index is 4.25. The van der Waals surface area contributed by atoms with Gasteiger partial charge < -0.3 is 10.2 Å². The summed E-state index contributed by atoms with van der Waals surface area (Å²) in [5.41, 5.74) is 1.26. The molecule has 0 spiro atoms. The van der Waals surface area contributed by atoms with Crippen LogP contribution >= 0.6 is 0 Å². The fourth-order valence-electron chi connectivity index (χ4n) is 2.35. The van der Waals surface area contributed by atoms with Crippen molar-refractivity contribution in [1.82, 2.24) is 15.1 Å². The predicted molar refractivity (Wildman–Crippen MR) is 66.7 cm³/mol. The molecular formula is C12H22N4. The molecule has 0 amide bonds. The zero-order valence-corrected chi connectivity index (χ0v) is 10.3. The minimum absolute atomic E-state index is 0.632. The molecule has 1 fully saturated rings. The van der Waals surface area contributed by atoms with Crippen LogP contribution in [0.15, 0.2) is 12.4 Å². The second kappa shape index (κ2) is 5.34. The van der Waals surface area contributed by atoms with Gasteiger partial charge in [-0.05, 0) is 19.4 Å². The van der Waals surface area contributed by atoms with Crippen LogP contribution < -0.4 is 10.2 Å². The van der Waals surface area contributed by atoms with E-state index in [1.807, 2.05) is 17.9 Å². The molecule has 1 unspecified atom stereocenters.